The number of hydrogen-bond donors (Lipinski definition) is 1. The predicted octanol–water partition coefficient (Wildman–Crippen LogP) is 4.87. The number of H-pyrrole nitrogens is 1. The van der Waals surface area contributed by atoms with Crippen molar-refractivity contribution >= 4 is 28.4 Å². The lowest BCUT2D eigenvalue weighted by Crippen LogP contribution is -2.21. The third-order valence-electron chi connectivity index (χ3n) is 4.49. The van der Waals surface area contributed by atoms with Crippen molar-refractivity contribution in [3.63, 3.8) is 0 Å². The van der Waals surface area contributed by atoms with Crippen LogP contribution in [-0.2, 0) is 0 Å². The molecule has 5 heteroatoms. The molecule has 1 N–H and O–H groups in total. The van der Waals surface area contributed by atoms with E-state index in [0.29, 0.717) is 18.0 Å². The zero-order valence-corrected chi connectivity index (χ0v) is 16.0. The van der Waals surface area contributed by atoms with Gasteiger partial charge < -0.3 is 14.6 Å². The highest BCUT2D eigenvalue weighted by molar-refractivity contribution is 5.91. The van der Waals surface area contributed by atoms with Crippen LogP contribution >= 0.6 is 0 Å². The Kier molecular flexibility index (Phi) is 5.77. The normalized spacial score (nSPS) is 11.4. The molecular weight excluding hydrogens is 336 g/mol. The summed E-state index contributed by atoms with van der Waals surface area (Å²) < 4.78 is 5.85. The molecular formula is C22H24N4O. The number of rotatable bonds is 7. The topological polar surface area (TPSA) is 64.9 Å². The summed E-state index contributed by atoms with van der Waals surface area (Å²) in [5.41, 5.74) is 4.21. The van der Waals surface area contributed by atoms with Gasteiger partial charge in [0.05, 0.1) is 23.2 Å². The second-order valence-electron chi connectivity index (χ2n) is 6.10. The molecule has 2 aromatic carbocycles. The number of benzene rings is 2. The molecule has 0 aliphatic heterocycles. The summed E-state index contributed by atoms with van der Waals surface area (Å²) >= 11 is 0. The lowest BCUT2D eigenvalue weighted by atomic mass is 10.1. The van der Waals surface area contributed by atoms with Crippen LogP contribution in [0, 0.1) is 11.3 Å². The molecule has 1 aromatic heterocycles. The molecule has 0 radical (unpaired) electrons. The van der Waals surface area contributed by atoms with Crippen molar-refractivity contribution in [2.75, 3.05) is 24.6 Å². The standard InChI is InChI=1S/C22H24N4O/c1-4-26(5-2)18-12-11-16(21(14-18)27-6-3)13-17(15-23)22-24-19-9-7-8-10-20(19)25-22/h7-14H,4-6H2,1-3H3,(H,24,25). The summed E-state index contributed by atoms with van der Waals surface area (Å²) in [7, 11) is 0. The van der Waals surface area contributed by atoms with Gasteiger partial charge in [0.1, 0.15) is 17.6 Å². The fourth-order valence-electron chi connectivity index (χ4n) is 3.10. The van der Waals surface area contributed by atoms with Crippen molar-refractivity contribution < 1.29 is 4.74 Å². The van der Waals surface area contributed by atoms with E-state index in [0.717, 1.165) is 41.1 Å². The van der Waals surface area contributed by atoms with Crippen LogP contribution in [0.5, 0.6) is 5.75 Å². The average Bonchev–Trinajstić information content (AvgIpc) is 3.12. The molecule has 0 amide bonds. The molecule has 0 aliphatic rings. The van der Waals surface area contributed by atoms with Crippen molar-refractivity contribution in [2.24, 2.45) is 0 Å². The van der Waals surface area contributed by atoms with Gasteiger partial charge in [-0.05, 0) is 51.1 Å². The first-order chi connectivity index (χ1) is 13.2. The van der Waals surface area contributed by atoms with Gasteiger partial charge in [-0.15, -0.1) is 0 Å². The van der Waals surface area contributed by atoms with E-state index in [9.17, 15) is 5.26 Å². The van der Waals surface area contributed by atoms with Gasteiger partial charge >= 0.3 is 0 Å². The molecule has 27 heavy (non-hydrogen) atoms. The van der Waals surface area contributed by atoms with Crippen LogP contribution in [0.2, 0.25) is 0 Å². The first-order valence-corrected chi connectivity index (χ1v) is 9.28. The van der Waals surface area contributed by atoms with E-state index in [2.05, 4.69) is 40.9 Å². The minimum absolute atomic E-state index is 0.475. The smallest absolute Gasteiger partial charge is 0.149 e. The number of aromatic nitrogens is 2. The number of nitriles is 1. The Morgan fingerprint density at radius 1 is 1.19 bits per heavy atom. The zero-order chi connectivity index (χ0) is 19.2. The Morgan fingerprint density at radius 2 is 1.96 bits per heavy atom. The molecule has 3 aromatic rings. The SMILES string of the molecule is CCOc1cc(N(CC)CC)ccc1C=C(C#N)c1nc2ccccc2[nH]1. The fourth-order valence-corrected chi connectivity index (χ4v) is 3.10. The van der Waals surface area contributed by atoms with Gasteiger partial charge in [-0.2, -0.15) is 5.26 Å². The number of fused-ring (bicyclic) bond motifs is 1. The van der Waals surface area contributed by atoms with Gasteiger partial charge in [0, 0.05) is 30.4 Å². The third kappa shape index (κ3) is 3.95. The largest absolute Gasteiger partial charge is 0.493 e. The summed E-state index contributed by atoms with van der Waals surface area (Å²) in [4.78, 5) is 10.0. The van der Waals surface area contributed by atoms with Crippen LogP contribution in [0.4, 0.5) is 5.69 Å². The molecule has 0 saturated carbocycles. The summed E-state index contributed by atoms with van der Waals surface area (Å²) in [5, 5.41) is 9.68. The Morgan fingerprint density at radius 3 is 2.63 bits per heavy atom. The van der Waals surface area contributed by atoms with E-state index >= 15 is 0 Å². The third-order valence-corrected chi connectivity index (χ3v) is 4.49. The minimum Gasteiger partial charge on any atom is -0.493 e. The number of allylic oxidation sites excluding steroid dienone is 1. The summed E-state index contributed by atoms with van der Waals surface area (Å²) in [6.45, 7) is 8.65. The lowest BCUT2D eigenvalue weighted by molar-refractivity contribution is 0.339. The maximum absolute atomic E-state index is 9.68. The predicted molar refractivity (Wildman–Crippen MR) is 111 cm³/mol. The van der Waals surface area contributed by atoms with E-state index < -0.39 is 0 Å². The highest BCUT2D eigenvalue weighted by atomic mass is 16.5. The molecule has 0 unspecified atom stereocenters. The average molecular weight is 360 g/mol. The molecule has 3 rings (SSSR count). The Bertz CT molecular complexity index is 960. The maximum Gasteiger partial charge on any atom is 0.149 e. The van der Waals surface area contributed by atoms with Crippen molar-refractivity contribution in [1.82, 2.24) is 9.97 Å². The van der Waals surface area contributed by atoms with Crippen molar-refractivity contribution in [3.8, 4) is 11.8 Å². The number of nitrogens with one attached hydrogen (secondary N) is 1. The van der Waals surface area contributed by atoms with E-state index in [1.54, 1.807) is 0 Å². The minimum atomic E-state index is 0.475. The van der Waals surface area contributed by atoms with Gasteiger partial charge in [0.15, 0.2) is 0 Å². The Balaban J connectivity index is 2.03. The first kappa shape index (κ1) is 18.5. The van der Waals surface area contributed by atoms with E-state index in [1.165, 1.54) is 0 Å². The van der Waals surface area contributed by atoms with Crippen molar-refractivity contribution in [1.29, 1.82) is 5.26 Å². The van der Waals surface area contributed by atoms with Gasteiger partial charge in [-0.1, -0.05) is 12.1 Å². The number of imidazole rings is 1. The monoisotopic (exact) mass is 360 g/mol. The van der Waals surface area contributed by atoms with Crippen LogP contribution in [0.3, 0.4) is 0 Å². The summed E-state index contributed by atoms with van der Waals surface area (Å²) in [6.07, 6.45) is 1.83. The number of ether oxygens (including phenoxy) is 1. The summed E-state index contributed by atoms with van der Waals surface area (Å²) in [5.74, 6) is 1.33. The van der Waals surface area contributed by atoms with Gasteiger partial charge in [0.25, 0.3) is 0 Å². The molecule has 0 spiro atoms. The molecule has 0 aliphatic carbocycles. The highest BCUT2D eigenvalue weighted by Gasteiger charge is 2.11. The van der Waals surface area contributed by atoms with Gasteiger partial charge in [0.2, 0.25) is 0 Å². The first-order valence-electron chi connectivity index (χ1n) is 9.28. The number of nitrogens with zero attached hydrogens (tertiary/aromatic N) is 3. The zero-order valence-electron chi connectivity index (χ0n) is 16.0. The number of hydrogen-bond acceptors (Lipinski definition) is 4. The highest BCUT2D eigenvalue weighted by Crippen LogP contribution is 2.29. The Labute approximate surface area is 159 Å². The second kappa shape index (κ2) is 8.41. The maximum atomic E-state index is 9.68. The van der Waals surface area contributed by atoms with Crippen LogP contribution in [0.25, 0.3) is 22.7 Å². The molecule has 1 heterocycles. The quantitative estimate of drug-likeness (QED) is 0.610. The van der Waals surface area contributed by atoms with Crippen molar-refractivity contribution in [2.45, 2.75) is 20.8 Å². The number of para-hydroxylation sites is 2. The van der Waals surface area contributed by atoms with E-state index in [-0.39, 0.29) is 0 Å². The van der Waals surface area contributed by atoms with Crippen LogP contribution in [-0.4, -0.2) is 29.7 Å². The molecule has 138 valence electrons. The van der Waals surface area contributed by atoms with Crippen LogP contribution < -0.4 is 9.64 Å². The molecule has 0 saturated heterocycles. The molecule has 0 fully saturated rings. The van der Waals surface area contributed by atoms with E-state index in [1.807, 2.05) is 49.4 Å². The molecule has 0 atom stereocenters. The molecule has 5 nitrogen and oxygen atoms in total. The van der Waals surface area contributed by atoms with E-state index in [4.69, 9.17) is 4.74 Å². The fraction of sp³-hybridized carbons (Fsp3) is 0.273. The van der Waals surface area contributed by atoms with Gasteiger partial charge in [-0.3, -0.25) is 0 Å². The number of aromatic amines is 1. The summed E-state index contributed by atoms with van der Waals surface area (Å²) in [6, 6.07) is 16.1. The Hall–Kier alpha value is -3.26. The number of anilines is 1. The van der Waals surface area contributed by atoms with Gasteiger partial charge in [-0.25, -0.2) is 4.98 Å². The lowest BCUT2D eigenvalue weighted by Gasteiger charge is -2.22. The second-order valence-corrected chi connectivity index (χ2v) is 6.10. The van der Waals surface area contributed by atoms with Crippen LogP contribution in [0.1, 0.15) is 32.2 Å². The van der Waals surface area contributed by atoms with Crippen LogP contribution in [0.15, 0.2) is 42.5 Å². The molecule has 0 bridgehead atoms. The van der Waals surface area contributed by atoms with Crippen molar-refractivity contribution in [3.05, 3.63) is 53.9 Å².